The molecule has 2 aliphatic rings. The second-order valence-electron chi connectivity index (χ2n) is 5.23. The number of carboxylic acid groups (broad SMARTS) is 1. The van der Waals surface area contributed by atoms with E-state index >= 15 is 0 Å². The molecule has 0 bridgehead atoms. The number of hydrogen-bond acceptors (Lipinski definition) is 3. The predicted molar refractivity (Wildman–Crippen MR) is 62.3 cm³/mol. The number of rotatable bonds is 4. The highest BCUT2D eigenvalue weighted by Gasteiger charge is 2.47. The number of aliphatic carboxylic acids is 1. The molecule has 5 nitrogen and oxygen atoms in total. The Morgan fingerprint density at radius 2 is 2.06 bits per heavy atom. The zero-order chi connectivity index (χ0) is 12.5. The van der Waals surface area contributed by atoms with Gasteiger partial charge in [-0.15, -0.1) is 0 Å². The first kappa shape index (κ1) is 12.4. The summed E-state index contributed by atoms with van der Waals surface area (Å²) in [6, 6.07) is -0.121. The van der Waals surface area contributed by atoms with E-state index in [-0.39, 0.29) is 23.8 Å². The molecule has 0 aromatic carbocycles. The van der Waals surface area contributed by atoms with Crippen molar-refractivity contribution >= 4 is 11.9 Å². The average molecular weight is 240 g/mol. The molecule has 1 unspecified atom stereocenters. The fourth-order valence-corrected chi connectivity index (χ4v) is 2.93. The Morgan fingerprint density at radius 1 is 1.35 bits per heavy atom. The molecule has 1 heterocycles. The molecule has 0 spiro atoms. The third-order valence-corrected chi connectivity index (χ3v) is 4.20. The molecule has 2 fully saturated rings. The van der Waals surface area contributed by atoms with E-state index in [0.717, 1.165) is 32.1 Å². The van der Waals surface area contributed by atoms with Crippen molar-refractivity contribution in [1.82, 2.24) is 4.90 Å². The lowest BCUT2D eigenvalue weighted by Crippen LogP contribution is -2.53. The van der Waals surface area contributed by atoms with E-state index in [1.807, 2.05) is 0 Å². The molecule has 0 aromatic rings. The summed E-state index contributed by atoms with van der Waals surface area (Å²) in [6.07, 6.45) is 4.55. The molecule has 0 radical (unpaired) electrons. The molecule has 1 aliphatic heterocycles. The third kappa shape index (κ3) is 2.16. The average Bonchev–Trinajstić information content (AvgIpc) is 2.63. The van der Waals surface area contributed by atoms with Gasteiger partial charge in [-0.1, -0.05) is 6.42 Å². The summed E-state index contributed by atoms with van der Waals surface area (Å²) in [6.45, 7) is 1.08. The van der Waals surface area contributed by atoms with Crippen LogP contribution in [0.2, 0.25) is 0 Å². The lowest BCUT2D eigenvalue weighted by molar-refractivity contribution is -0.149. The number of carbonyl (C=O) groups is 2. The highest BCUT2D eigenvalue weighted by atomic mass is 16.4. The van der Waals surface area contributed by atoms with E-state index in [1.165, 1.54) is 0 Å². The zero-order valence-corrected chi connectivity index (χ0v) is 10.0. The van der Waals surface area contributed by atoms with Gasteiger partial charge in [0.2, 0.25) is 5.91 Å². The van der Waals surface area contributed by atoms with Gasteiger partial charge in [0.05, 0.1) is 11.8 Å². The summed E-state index contributed by atoms with van der Waals surface area (Å²) < 4.78 is 0. The van der Waals surface area contributed by atoms with E-state index in [9.17, 15) is 9.59 Å². The Balaban J connectivity index is 2.05. The van der Waals surface area contributed by atoms with Crippen LogP contribution in [0, 0.1) is 5.41 Å². The van der Waals surface area contributed by atoms with Gasteiger partial charge in [-0.05, 0) is 25.7 Å². The molecule has 5 heteroatoms. The number of likely N-dealkylation sites (tertiary alicyclic amines) is 1. The molecule has 0 aromatic heterocycles. The predicted octanol–water partition coefficient (Wildman–Crippen LogP) is 0.581. The van der Waals surface area contributed by atoms with Crippen LogP contribution in [0.5, 0.6) is 0 Å². The molecule has 1 atom stereocenters. The van der Waals surface area contributed by atoms with Crippen molar-refractivity contribution in [2.24, 2.45) is 11.1 Å². The van der Waals surface area contributed by atoms with Gasteiger partial charge in [0.25, 0.3) is 0 Å². The van der Waals surface area contributed by atoms with Crippen molar-refractivity contribution in [3.63, 3.8) is 0 Å². The number of carboxylic acids is 1. The highest BCUT2D eigenvalue weighted by Crippen LogP contribution is 2.43. The first-order valence-electron chi connectivity index (χ1n) is 6.32. The topological polar surface area (TPSA) is 83.6 Å². The summed E-state index contributed by atoms with van der Waals surface area (Å²) in [7, 11) is 0. The molecule has 1 saturated carbocycles. The third-order valence-electron chi connectivity index (χ3n) is 4.20. The van der Waals surface area contributed by atoms with Gasteiger partial charge in [-0.25, -0.2) is 0 Å². The van der Waals surface area contributed by atoms with Gasteiger partial charge in [0.1, 0.15) is 0 Å². The molecule has 17 heavy (non-hydrogen) atoms. The van der Waals surface area contributed by atoms with Crippen molar-refractivity contribution in [3.8, 4) is 0 Å². The van der Waals surface area contributed by atoms with Crippen molar-refractivity contribution in [3.05, 3.63) is 0 Å². The molecular weight excluding hydrogens is 220 g/mol. The van der Waals surface area contributed by atoms with E-state index < -0.39 is 5.97 Å². The number of amides is 1. The van der Waals surface area contributed by atoms with Crippen molar-refractivity contribution in [2.45, 2.75) is 44.6 Å². The lowest BCUT2D eigenvalue weighted by Gasteiger charge is -2.43. The van der Waals surface area contributed by atoms with Gasteiger partial charge in [-0.3, -0.25) is 9.59 Å². The van der Waals surface area contributed by atoms with Gasteiger partial charge in [-0.2, -0.15) is 0 Å². The number of hydrogen-bond donors (Lipinski definition) is 2. The van der Waals surface area contributed by atoms with Crippen LogP contribution in [0.15, 0.2) is 0 Å². The number of nitrogens with two attached hydrogens (primary N) is 1. The Bertz CT molecular complexity index is 320. The molecule has 1 aliphatic carbocycles. The second kappa shape index (κ2) is 4.64. The Labute approximate surface area is 101 Å². The van der Waals surface area contributed by atoms with Crippen LogP contribution in [0.4, 0.5) is 0 Å². The molecule has 3 N–H and O–H groups in total. The maximum atomic E-state index is 12.4. The van der Waals surface area contributed by atoms with Crippen LogP contribution in [0.25, 0.3) is 0 Å². The summed E-state index contributed by atoms with van der Waals surface area (Å²) in [4.78, 5) is 25.0. The summed E-state index contributed by atoms with van der Waals surface area (Å²) in [5, 5.41) is 8.84. The largest absolute Gasteiger partial charge is 0.481 e. The SMILES string of the molecule is NCC1(C(=O)N2CCCC2CC(=O)O)CCC1. The number of nitrogens with zero attached hydrogens (tertiary/aromatic N) is 1. The fourth-order valence-electron chi connectivity index (χ4n) is 2.93. The lowest BCUT2D eigenvalue weighted by atomic mass is 9.67. The van der Waals surface area contributed by atoms with Crippen molar-refractivity contribution in [1.29, 1.82) is 0 Å². The Kier molecular flexibility index (Phi) is 3.38. The molecule has 2 rings (SSSR count). The number of carbonyl (C=O) groups excluding carboxylic acids is 1. The van der Waals surface area contributed by atoms with Gasteiger partial charge in [0, 0.05) is 19.1 Å². The smallest absolute Gasteiger partial charge is 0.305 e. The monoisotopic (exact) mass is 240 g/mol. The van der Waals surface area contributed by atoms with Crippen LogP contribution in [-0.4, -0.2) is 41.0 Å². The molecule has 1 saturated heterocycles. The van der Waals surface area contributed by atoms with E-state index in [4.69, 9.17) is 10.8 Å². The van der Waals surface area contributed by atoms with Gasteiger partial charge in [0.15, 0.2) is 0 Å². The van der Waals surface area contributed by atoms with Crippen LogP contribution in [-0.2, 0) is 9.59 Å². The first-order chi connectivity index (χ1) is 8.09. The van der Waals surface area contributed by atoms with Crippen molar-refractivity contribution < 1.29 is 14.7 Å². The van der Waals surface area contributed by atoms with Crippen LogP contribution >= 0.6 is 0 Å². The summed E-state index contributed by atoms with van der Waals surface area (Å²) >= 11 is 0. The fraction of sp³-hybridized carbons (Fsp3) is 0.833. The van der Waals surface area contributed by atoms with E-state index in [2.05, 4.69) is 0 Å². The van der Waals surface area contributed by atoms with Gasteiger partial charge < -0.3 is 15.7 Å². The Morgan fingerprint density at radius 3 is 2.53 bits per heavy atom. The summed E-state index contributed by atoms with van der Waals surface area (Å²) in [5.74, 6) is -0.736. The maximum Gasteiger partial charge on any atom is 0.305 e. The van der Waals surface area contributed by atoms with Crippen molar-refractivity contribution in [2.75, 3.05) is 13.1 Å². The van der Waals surface area contributed by atoms with Crippen LogP contribution in [0.1, 0.15) is 38.5 Å². The summed E-state index contributed by atoms with van der Waals surface area (Å²) in [5.41, 5.74) is 5.35. The quantitative estimate of drug-likeness (QED) is 0.753. The standard InChI is InChI=1S/C12H20N2O3/c13-8-12(4-2-5-12)11(17)14-6-1-3-9(14)7-10(15)16/h9H,1-8,13H2,(H,15,16). The minimum Gasteiger partial charge on any atom is -0.481 e. The second-order valence-corrected chi connectivity index (χ2v) is 5.23. The first-order valence-corrected chi connectivity index (χ1v) is 6.32. The minimum absolute atomic E-state index is 0.0619. The maximum absolute atomic E-state index is 12.4. The minimum atomic E-state index is -0.829. The normalized spacial score (nSPS) is 26.6. The highest BCUT2D eigenvalue weighted by molar-refractivity contribution is 5.85. The molecule has 1 amide bonds. The van der Waals surface area contributed by atoms with Crippen LogP contribution < -0.4 is 5.73 Å². The van der Waals surface area contributed by atoms with Gasteiger partial charge >= 0.3 is 5.97 Å². The molecule has 96 valence electrons. The van der Waals surface area contributed by atoms with E-state index in [0.29, 0.717) is 13.1 Å². The van der Waals surface area contributed by atoms with E-state index in [1.54, 1.807) is 4.90 Å². The Hall–Kier alpha value is -1.10. The van der Waals surface area contributed by atoms with Crippen LogP contribution in [0.3, 0.4) is 0 Å². The zero-order valence-electron chi connectivity index (χ0n) is 10.0. The molecular formula is C12H20N2O3.